The van der Waals surface area contributed by atoms with Gasteiger partial charge >= 0.3 is 0 Å². The normalized spacial score (nSPS) is 15.6. The average Bonchev–Trinajstić information content (AvgIpc) is 3.18. The van der Waals surface area contributed by atoms with Gasteiger partial charge in [0, 0.05) is 12.7 Å². The minimum Gasteiger partial charge on any atom is -0.493 e. The molecule has 4 rings (SSSR count). The number of rotatable bonds is 10. The molecular formula is C27H32N4O5. The highest BCUT2D eigenvalue weighted by Crippen LogP contribution is 2.25. The number of methoxy groups -OCH3 is 1. The number of amides is 2. The van der Waals surface area contributed by atoms with Crippen molar-refractivity contribution in [2.24, 2.45) is 0 Å². The first-order valence-corrected chi connectivity index (χ1v) is 12.2. The Morgan fingerprint density at radius 1 is 1.06 bits per heavy atom. The number of hydrogen-bond donors (Lipinski definition) is 1. The fourth-order valence-electron chi connectivity index (χ4n) is 4.09. The number of ether oxygens (including phenoxy) is 3. The Bertz CT molecular complexity index is 1130. The number of likely N-dealkylation sites (tertiary alicyclic amines) is 1. The van der Waals surface area contributed by atoms with Gasteiger partial charge in [-0.3, -0.25) is 14.3 Å². The Hall–Kier alpha value is -4.01. The van der Waals surface area contributed by atoms with Crippen LogP contribution in [-0.2, 0) is 16.1 Å². The SMILES string of the molecule is COc1ccccc1OCCC(=O)Nc1cnn(CC(=O)N2CCCCC(Oc3ccccc3)C2)c1. The van der Waals surface area contributed by atoms with Gasteiger partial charge < -0.3 is 24.4 Å². The van der Waals surface area contributed by atoms with Crippen LogP contribution in [0.4, 0.5) is 5.69 Å². The fourth-order valence-corrected chi connectivity index (χ4v) is 4.09. The summed E-state index contributed by atoms with van der Waals surface area (Å²) in [7, 11) is 1.57. The number of carbonyl (C=O) groups excluding carboxylic acids is 2. The van der Waals surface area contributed by atoms with Gasteiger partial charge in [-0.1, -0.05) is 30.3 Å². The molecule has 2 aromatic carbocycles. The van der Waals surface area contributed by atoms with E-state index in [0.29, 0.717) is 30.3 Å². The smallest absolute Gasteiger partial charge is 0.244 e. The molecule has 1 atom stereocenters. The highest BCUT2D eigenvalue weighted by molar-refractivity contribution is 5.90. The zero-order valence-electron chi connectivity index (χ0n) is 20.5. The van der Waals surface area contributed by atoms with Crippen molar-refractivity contribution in [1.29, 1.82) is 0 Å². The number of anilines is 1. The molecule has 36 heavy (non-hydrogen) atoms. The van der Waals surface area contributed by atoms with Crippen LogP contribution in [0.25, 0.3) is 0 Å². The molecular weight excluding hydrogens is 460 g/mol. The molecule has 190 valence electrons. The number of nitrogens with one attached hydrogen (secondary N) is 1. The molecule has 9 nitrogen and oxygen atoms in total. The van der Waals surface area contributed by atoms with Gasteiger partial charge in [-0.05, 0) is 43.5 Å². The van der Waals surface area contributed by atoms with Crippen molar-refractivity contribution in [2.75, 3.05) is 32.1 Å². The summed E-state index contributed by atoms with van der Waals surface area (Å²) in [5.41, 5.74) is 0.534. The van der Waals surface area contributed by atoms with Crippen LogP contribution in [0.15, 0.2) is 67.0 Å². The number of hydrogen-bond acceptors (Lipinski definition) is 6. The summed E-state index contributed by atoms with van der Waals surface area (Å²) >= 11 is 0. The van der Waals surface area contributed by atoms with E-state index in [0.717, 1.165) is 25.0 Å². The van der Waals surface area contributed by atoms with E-state index >= 15 is 0 Å². The zero-order valence-corrected chi connectivity index (χ0v) is 20.5. The summed E-state index contributed by atoms with van der Waals surface area (Å²) in [6, 6.07) is 17.0. The lowest BCUT2D eigenvalue weighted by Crippen LogP contribution is -2.40. The standard InChI is InChI=1S/C27H32N4O5/c1-34-24-12-5-6-13-25(24)35-16-14-26(32)29-21-17-28-31(18-21)20-27(33)30-15-8-7-11-23(19-30)36-22-9-3-2-4-10-22/h2-6,9-10,12-13,17-18,23H,7-8,11,14-16,19-20H2,1H3,(H,29,32). The Morgan fingerprint density at radius 2 is 1.83 bits per heavy atom. The van der Waals surface area contributed by atoms with E-state index in [4.69, 9.17) is 14.2 Å². The van der Waals surface area contributed by atoms with E-state index in [9.17, 15) is 9.59 Å². The monoisotopic (exact) mass is 492 g/mol. The second-order valence-corrected chi connectivity index (χ2v) is 8.61. The molecule has 2 heterocycles. The topological polar surface area (TPSA) is 94.9 Å². The number of carbonyl (C=O) groups is 2. The van der Waals surface area contributed by atoms with Crippen LogP contribution < -0.4 is 19.5 Å². The maximum Gasteiger partial charge on any atom is 0.244 e. The van der Waals surface area contributed by atoms with Gasteiger partial charge in [-0.25, -0.2) is 0 Å². The molecule has 1 aliphatic rings. The molecule has 3 aromatic rings. The van der Waals surface area contributed by atoms with Crippen molar-refractivity contribution in [3.05, 3.63) is 67.0 Å². The molecule has 0 aliphatic carbocycles. The Balaban J connectivity index is 1.24. The van der Waals surface area contributed by atoms with E-state index in [-0.39, 0.29) is 37.5 Å². The van der Waals surface area contributed by atoms with Gasteiger partial charge in [0.1, 0.15) is 18.4 Å². The molecule has 1 fully saturated rings. The van der Waals surface area contributed by atoms with Crippen LogP contribution in [0.5, 0.6) is 17.2 Å². The highest BCUT2D eigenvalue weighted by Gasteiger charge is 2.23. The molecule has 1 unspecified atom stereocenters. The average molecular weight is 493 g/mol. The van der Waals surface area contributed by atoms with E-state index in [1.807, 2.05) is 47.4 Å². The molecule has 0 spiro atoms. The van der Waals surface area contributed by atoms with E-state index in [2.05, 4.69) is 10.4 Å². The summed E-state index contributed by atoms with van der Waals surface area (Å²) < 4.78 is 18.5. The third-order valence-electron chi connectivity index (χ3n) is 5.90. The summed E-state index contributed by atoms with van der Waals surface area (Å²) in [4.78, 5) is 27.1. The number of para-hydroxylation sites is 3. The van der Waals surface area contributed by atoms with Crippen LogP contribution in [0.2, 0.25) is 0 Å². The number of benzene rings is 2. The molecule has 0 bridgehead atoms. The first kappa shape index (κ1) is 25.1. The van der Waals surface area contributed by atoms with Gasteiger partial charge in [0.25, 0.3) is 0 Å². The third kappa shape index (κ3) is 7.24. The Morgan fingerprint density at radius 3 is 2.64 bits per heavy atom. The van der Waals surface area contributed by atoms with Crippen molar-refractivity contribution in [1.82, 2.24) is 14.7 Å². The van der Waals surface area contributed by atoms with Crippen molar-refractivity contribution in [3.8, 4) is 17.2 Å². The quantitative estimate of drug-likeness (QED) is 0.463. The Labute approximate surface area is 210 Å². The minimum atomic E-state index is -0.204. The first-order valence-electron chi connectivity index (χ1n) is 12.2. The predicted octanol–water partition coefficient (Wildman–Crippen LogP) is 3.76. The minimum absolute atomic E-state index is 0.0234. The van der Waals surface area contributed by atoms with Crippen molar-refractivity contribution >= 4 is 17.5 Å². The van der Waals surface area contributed by atoms with Crippen molar-refractivity contribution in [2.45, 2.75) is 38.3 Å². The summed E-state index contributed by atoms with van der Waals surface area (Å²) in [6.07, 6.45) is 6.20. The van der Waals surface area contributed by atoms with Gasteiger partial charge in [-0.15, -0.1) is 0 Å². The summed E-state index contributed by atoms with van der Waals surface area (Å²) in [5, 5.41) is 7.04. The molecule has 0 saturated carbocycles. The lowest BCUT2D eigenvalue weighted by atomic mass is 10.2. The molecule has 2 amide bonds. The summed E-state index contributed by atoms with van der Waals surface area (Å²) in [6.45, 7) is 1.56. The summed E-state index contributed by atoms with van der Waals surface area (Å²) in [5.74, 6) is 1.79. The molecule has 0 radical (unpaired) electrons. The molecule has 1 aliphatic heterocycles. The maximum absolute atomic E-state index is 13.0. The molecule has 9 heteroatoms. The van der Waals surface area contributed by atoms with E-state index in [1.54, 1.807) is 30.1 Å². The molecule has 1 aromatic heterocycles. The molecule has 1 N–H and O–H groups in total. The second-order valence-electron chi connectivity index (χ2n) is 8.61. The van der Waals surface area contributed by atoms with Crippen LogP contribution >= 0.6 is 0 Å². The maximum atomic E-state index is 13.0. The van der Waals surface area contributed by atoms with E-state index < -0.39 is 0 Å². The highest BCUT2D eigenvalue weighted by atomic mass is 16.5. The number of aromatic nitrogens is 2. The molecule has 1 saturated heterocycles. The van der Waals surface area contributed by atoms with E-state index in [1.165, 1.54) is 6.20 Å². The second kappa shape index (κ2) is 12.6. The Kier molecular flexibility index (Phi) is 8.80. The largest absolute Gasteiger partial charge is 0.493 e. The fraction of sp³-hybridized carbons (Fsp3) is 0.370. The van der Waals surface area contributed by atoms with Crippen LogP contribution in [-0.4, -0.2) is 59.4 Å². The lowest BCUT2D eigenvalue weighted by molar-refractivity contribution is -0.132. The first-order chi connectivity index (χ1) is 17.6. The van der Waals surface area contributed by atoms with Gasteiger partial charge in [0.15, 0.2) is 11.5 Å². The van der Waals surface area contributed by atoms with Crippen LogP contribution in [0, 0.1) is 0 Å². The zero-order chi connectivity index (χ0) is 25.2. The number of nitrogens with zero attached hydrogens (tertiary/aromatic N) is 3. The van der Waals surface area contributed by atoms with Gasteiger partial charge in [-0.2, -0.15) is 5.10 Å². The van der Waals surface area contributed by atoms with Gasteiger partial charge in [0.2, 0.25) is 11.8 Å². The van der Waals surface area contributed by atoms with Gasteiger partial charge in [0.05, 0.1) is 38.6 Å². The van der Waals surface area contributed by atoms with Crippen LogP contribution in [0.1, 0.15) is 25.7 Å². The third-order valence-corrected chi connectivity index (χ3v) is 5.90. The van der Waals surface area contributed by atoms with Crippen molar-refractivity contribution in [3.63, 3.8) is 0 Å². The predicted molar refractivity (Wildman–Crippen MR) is 135 cm³/mol. The van der Waals surface area contributed by atoms with Crippen molar-refractivity contribution < 1.29 is 23.8 Å². The lowest BCUT2D eigenvalue weighted by Gasteiger charge is -2.25. The van der Waals surface area contributed by atoms with Crippen LogP contribution in [0.3, 0.4) is 0 Å².